The highest BCUT2D eigenvalue weighted by Crippen LogP contribution is 2.31. The van der Waals surface area contributed by atoms with Crippen molar-refractivity contribution in [3.8, 4) is 0 Å². The summed E-state index contributed by atoms with van der Waals surface area (Å²) in [5.41, 5.74) is 6.41. The summed E-state index contributed by atoms with van der Waals surface area (Å²) in [7, 11) is 0. The summed E-state index contributed by atoms with van der Waals surface area (Å²) in [5, 5.41) is 11.7. The van der Waals surface area contributed by atoms with Gasteiger partial charge in [0.05, 0.1) is 19.9 Å². The first-order chi connectivity index (χ1) is 7.33. The quantitative estimate of drug-likeness (QED) is 0.562. The Labute approximate surface area is 86.9 Å². The monoisotopic (exact) mass is 211 g/mol. The Morgan fingerprint density at radius 3 is 3.27 bits per heavy atom. The zero-order chi connectivity index (χ0) is 10.7. The Hall–Kier alpha value is -1.60. The molecule has 7 nitrogen and oxygen atoms in total. The lowest BCUT2D eigenvalue weighted by atomic mass is 10.4. The number of nitrogens with one attached hydrogen (secondary N) is 1. The standard InChI is InChI=1S/C8H13N5O2/c9-7-6-8(11-3-10-7)13(4-12-6)5-15-2-1-14/h3,12,14H,1-2,4-5H2,(H2,9,10,11). The van der Waals surface area contributed by atoms with Gasteiger partial charge in [-0.25, -0.2) is 9.97 Å². The molecule has 82 valence electrons. The molecule has 0 radical (unpaired) electrons. The van der Waals surface area contributed by atoms with Crippen LogP contribution in [-0.4, -0.2) is 41.7 Å². The van der Waals surface area contributed by atoms with Crippen LogP contribution in [0.5, 0.6) is 0 Å². The molecule has 0 spiro atoms. The van der Waals surface area contributed by atoms with E-state index >= 15 is 0 Å². The molecule has 15 heavy (non-hydrogen) atoms. The van der Waals surface area contributed by atoms with E-state index in [9.17, 15) is 0 Å². The second-order valence-electron chi connectivity index (χ2n) is 3.09. The minimum Gasteiger partial charge on any atom is -0.394 e. The van der Waals surface area contributed by atoms with Crippen LogP contribution in [0.1, 0.15) is 0 Å². The first-order valence-electron chi connectivity index (χ1n) is 4.61. The molecular formula is C8H13N5O2. The molecule has 7 heteroatoms. The van der Waals surface area contributed by atoms with Crippen LogP contribution in [0.25, 0.3) is 0 Å². The molecule has 2 heterocycles. The average Bonchev–Trinajstić information content (AvgIpc) is 2.64. The van der Waals surface area contributed by atoms with Crippen molar-refractivity contribution in [1.82, 2.24) is 9.97 Å². The molecule has 0 amide bonds. The van der Waals surface area contributed by atoms with Crippen LogP contribution >= 0.6 is 0 Å². The molecule has 0 aromatic carbocycles. The van der Waals surface area contributed by atoms with Crippen molar-refractivity contribution in [2.75, 3.05) is 42.6 Å². The predicted octanol–water partition coefficient (Wildman–Crippen LogP) is -0.785. The molecule has 1 aromatic rings. The molecule has 0 saturated heterocycles. The highest BCUT2D eigenvalue weighted by atomic mass is 16.5. The number of ether oxygens (including phenoxy) is 1. The number of aliphatic hydroxyl groups is 1. The number of aromatic nitrogens is 2. The van der Waals surface area contributed by atoms with Crippen molar-refractivity contribution in [3.63, 3.8) is 0 Å². The Morgan fingerprint density at radius 1 is 1.60 bits per heavy atom. The number of rotatable bonds is 4. The second-order valence-corrected chi connectivity index (χ2v) is 3.09. The molecule has 1 aromatic heterocycles. The number of aliphatic hydroxyl groups excluding tert-OH is 1. The molecule has 4 N–H and O–H groups in total. The largest absolute Gasteiger partial charge is 0.394 e. The van der Waals surface area contributed by atoms with Crippen molar-refractivity contribution < 1.29 is 9.84 Å². The van der Waals surface area contributed by atoms with Crippen LogP contribution in [0, 0.1) is 0 Å². The van der Waals surface area contributed by atoms with Gasteiger partial charge in [-0.3, -0.25) is 0 Å². The number of hydrogen-bond donors (Lipinski definition) is 3. The second kappa shape index (κ2) is 4.28. The van der Waals surface area contributed by atoms with E-state index in [0.29, 0.717) is 25.8 Å². The van der Waals surface area contributed by atoms with Crippen LogP contribution < -0.4 is 16.0 Å². The molecule has 0 aliphatic carbocycles. The van der Waals surface area contributed by atoms with Gasteiger partial charge >= 0.3 is 0 Å². The number of fused-ring (bicyclic) bond motifs is 1. The molecule has 2 rings (SSSR count). The summed E-state index contributed by atoms with van der Waals surface area (Å²) < 4.78 is 5.20. The van der Waals surface area contributed by atoms with Crippen molar-refractivity contribution >= 4 is 17.3 Å². The fourth-order valence-electron chi connectivity index (χ4n) is 1.39. The third-order valence-electron chi connectivity index (χ3n) is 2.09. The predicted molar refractivity (Wildman–Crippen MR) is 55.3 cm³/mol. The molecule has 1 aliphatic heterocycles. The van der Waals surface area contributed by atoms with Gasteiger partial charge in [0.2, 0.25) is 0 Å². The van der Waals surface area contributed by atoms with E-state index in [1.165, 1.54) is 6.33 Å². The average molecular weight is 211 g/mol. The Balaban J connectivity index is 2.05. The number of hydrogen-bond acceptors (Lipinski definition) is 7. The minimum absolute atomic E-state index is 0.0139. The topological polar surface area (TPSA) is 96.5 Å². The molecule has 0 atom stereocenters. The number of anilines is 3. The first-order valence-corrected chi connectivity index (χ1v) is 4.61. The maximum absolute atomic E-state index is 8.57. The zero-order valence-corrected chi connectivity index (χ0v) is 8.18. The van der Waals surface area contributed by atoms with E-state index in [4.69, 9.17) is 15.6 Å². The third kappa shape index (κ3) is 1.92. The molecule has 0 unspecified atom stereocenters. The lowest BCUT2D eigenvalue weighted by Gasteiger charge is -2.16. The van der Waals surface area contributed by atoms with Gasteiger partial charge in [0, 0.05) is 0 Å². The van der Waals surface area contributed by atoms with Crippen molar-refractivity contribution in [1.29, 1.82) is 0 Å². The lowest BCUT2D eigenvalue weighted by molar-refractivity contribution is 0.0934. The van der Waals surface area contributed by atoms with E-state index in [1.807, 2.05) is 4.90 Å². The van der Waals surface area contributed by atoms with Gasteiger partial charge in [0.15, 0.2) is 11.6 Å². The first kappa shape index (κ1) is 9.94. The van der Waals surface area contributed by atoms with Gasteiger partial charge in [-0.2, -0.15) is 0 Å². The summed E-state index contributed by atoms with van der Waals surface area (Å²) in [5.74, 6) is 1.17. The molecule has 0 bridgehead atoms. The number of nitrogens with zero attached hydrogens (tertiary/aromatic N) is 3. The third-order valence-corrected chi connectivity index (χ3v) is 2.09. The molecule has 0 saturated carbocycles. The maximum Gasteiger partial charge on any atom is 0.160 e. The zero-order valence-electron chi connectivity index (χ0n) is 8.18. The van der Waals surface area contributed by atoms with Gasteiger partial charge in [-0.1, -0.05) is 0 Å². The Morgan fingerprint density at radius 2 is 2.47 bits per heavy atom. The van der Waals surface area contributed by atoms with Crippen LogP contribution in [0.15, 0.2) is 6.33 Å². The summed E-state index contributed by atoms with van der Waals surface area (Å²) in [6.45, 7) is 1.28. The van der Waals surface area contributed by atoms with E-state index < -0.39 is 0 Å². The van der Waals surface area contributed by atoms with E-state index in [0.717, 1.165) is 11.5 Å². The lowest BCUT2D eigenvalue weighted by Crippen LogP contribution is -2.27. The number of nitrogens with two attached hydrogens (primary N) is 1. The van der Waals surface area contributed by atoms with Gasteiger partial charge in [0.1, 0.15) is 18.7 Å². The van der Waals surface area contributed by atoms with Gasteiger partial charge in [0.25, 0.3) is 0 Å². The maximum atomic E-state index is 8.57. The van der Waals surface area contributed by atoms with Gasteiger partial charge < -0.3 is 25.8 Å². The fraction of sp³-hybridized carbons (Fsp3) is 0.500. The molecule has 1 aliphatic rings. The summed E-state index contributed by atoms with van der Waals surface area (Å²) in [6.07, 6.45) is 1.42. The van der Waals surface area contributed by atoms with E-state index in [-0.39, 0.29) is 6.61 Å². The number of nitrogen functional groups attached to an aromatic ring is 1. The Kier molecular flexibility index (Phi) is 2.84. The summed E-state index contributed by atoms with van der Waals surface area (Å²) in [4.78, 5) is 9.87. The fourth-order valence-corrected chi connectivity index (χ4v) is 1.39. The summed E-state index contributed by atoms with van der Waals surface area (Å²) >= 11 is 0. The highest BCUT2D eigenvalue weighted by Gasteiger charge is 2.22. The van der Waals surface area contributed by atoms with Crippen LogP contribution in [-0.2, 0) is 4.74 Å². The Bertz CT molecular complexity index is 346. The SMILES string of the molecule is Nc1ncnc2c1NCN2COCCO. The van der Waals surface area contributed by atoms with E-state index in [2.05, 4.69) is 15.3 Å². The minimum atomic E-state index is 0.0139. The van der Waals surface area contributed by atoms with E-state index in [1.54, 1.807) is 0 Å². The summed E-state index contributed by atoms with van der Waals surface area (Å²) in [6, 6.07) is 0. The van der Waals surface area contributed by atoms with Crippen LogP contribution in [0.2, 0.25) is 0 Å². The molecular weight excluding hydrogens is 198 g/mol. The van der Waals surface area contributed by atoms with Crippen molar-refractivity contribution in [2.24, 2.45) is 0 Å². The van der Waals surface area contributed by atoms with Gasteiger partial charge in [-0.15, -0.1) is 0 Å². The smallest absolute Gasteiger partial charge is 0.160 e. The highest BCUT2D eigenvalue weighted by molar-refractivity contribution is 5.79. The van der Waals surface area contributed by atoms with Crippen molar-refractivity contribution in [2.45, 2.75) is 0 Å². The molecule has 0 fully saturated rings. The van der Waals surface area contributed by atoms with Gasteiger partial charge in [-0.05, 0) is 0 Å². The van der Waals surface area contributed by atoms with Crippen LogP contribution in [0.3, 0.4) is 0 Å². The van der Waals surface area contributed by atoms with Crippen LogP contribution in [0.4, 0.5) is 17.3 Å². The normalized spacial score (nSPS) is 13.8. The van der Waals surface area contributed by atoms with Crippen molar-refractivity contribution in [3.05, 3.63) is 6.33 Å².